The summed E-state index contributed by atoms with van der Waals surface area (Å²) >= 11 is 0. The first kappa shape index (κ1) is 10.2. The van der Waals surface area contributed by atoms with Crippen molar-refractivity contribution in [3.63, 3.8) is 0 Å². The van der Waals surface area contributed by atoms with Crippen LogP contribution in [0.5, 0.6) is 0 Å². The molecule has 82 valence electrons. The molecular formula is C11H18N4. The molecule has 1 N–H and O–H groups in total. The maximum atomic E-state index is 4.59. The molecule has 1 aliphatic rings. The van der Waals surface area contributed by atoms with Gasteiger partial charge in [0.15, 0.2) is 5.82 Å². The van der Waals surface area contributed by atoms with Crippen LogP contribution in [0.2, 0.25) is 0 Å². The van der Waals surface area contributed by atoms with E-state index in [4.69, 9.17) is 0 Å². The van der Waals surface area contributed by atoms with Gasteiger partial charge in [0.25, 0.3) is 0 Å². The Morgan fingerprint density at radius 1 is 1.53 bits per heavy atom. The molecule has 0 unspecified atom stereocenters. The van der Waals surface area contributed by atoms with Crippen LogP contribution in [0, 0.1) is 0 Å². The highest BCUT2D eigenvalue weighted by Crippen LogP contribution is 2.27. The number of aromatic nitrogens is 2. The van der Waals surface area contributed by atoms with Gasteiger partial charge in [-0.05, 0) is 13.8 Å². The Balaban J connectivity index is 2.39. The molecule has 0 atom stereocenters. The molecule has 4 heteroatoms. The Morgan fingerprint density at radius 3 is 3.00 bits per heavy atom. The number of anilines is 2. The fourth-order valence-electron chi connectivity index (χ4n) is 1.84. The van der Waals surface area contributed by atoms with Crippen LogP contribution in [0.15, 0.2) is 6.20 Å². The van der Waals surface area contributed by atoms with Gasteiger partial charge in [0.05, 0.1) is 11.9 Å². The van der Waals surface area contributed by atoms with E-state index < -0.39 is 0 Å². The zero-order valence-electron chi connectivity index (χ0n) is 9.62. The monoisotopic (exact) mass is 206 g/mol. The lowest BCUT2D eigenvalue weighted by Gasteiger charge is -2.33. The molecule has 1 aromatic heterocycles. The molecule has 0 spiro atoms. The normalized spacial score (nSPS) is 15.1. The zero-order valence-corrected chi connectivity index (χ0v) is 9.62. The molecule has 0 aliphatic carbocycles. The van der Waals surface area contributed by atoms with Crippen molar-refractivity contribution in [3.8, 4) is 0 Å². The van der Waals surface area contributed by atoms with Gasteiger partial charge < -0.3 is 10.2 Å². The Kier molecular flexibility index (Phi) is 2.75. The Hall–Kier alpha value is -1.32. The quantitative estimate of drug-likeness (QED) is 0.799. The molecule has 2 heterocycles. The second kappa shape index (κ2) is 4.04. The van der Waals surface area contributed by atoms with E-state index >= 15 is 0 Å². The van der Waals surface area contributed by atoms with Crippen LogP contribution in [0.3, 0.4) is 0 Å². The van der Waals surface area contributed by atoms with Crippen LogP contribution >= 0.6 is 0 Å². The Bertz CT molecular complexity index is 348. The Labute approximate surface area is 90.7 Å². The molecule has 0 fully saturated rings. The third-order valence-corrected chi connectivity index (χ3v) is 2.70. The number of hydrogen-bond acceptors (Lipinski definition) is 4. The fraction of sp³-hybridized carbons (Fsp3) is 0.636. The molecule has 2 rings (SSSR count). The van der Waals surface area contributed by atoms with Crippen LogP contribution in [-0.4, -0.2) is 29.1 Å². The summed E-state index contributed by atoms with van der Waals surface area (Å²) in [6.07, 6.45) is 2.79. The summed E-state index contributed by atoms with van der Waals surface area (Å²) in [7, 11) is 0. The second-order valence-corrected chi connectivity index (χ2v) is 4.09. The lowest BCUT2D eigenvalue weighted by atomic mass is 10.2. The number of aryl methyl sites for hydroxylation is 1. The van der Waals surface area contributed by atoms with E-state index in [0.29, 0.717) is 6.04 Å². The van der Waals surface area contributed by atoms with Crippen LogP contribution in [0.1, 0.15) is 26.6 Å². The first-order valence-electron chi connectivity index (χ1n) is 5.58. The third kappa shape index (κ3) is 1.89. The van der Waals surface area contributed by atoms with E-state index in [2.05, 4.69) is 41.0 Å². The highest BCUT2D eigenvalue weighted by atomic mass is 15.3. The number of fused-ring (bicyclic) bond motifs is 1. The summed E-state index contributed by atoms with van der Waals surface area (Å²) in [5, 5.41) is 3.33. The van der Waals surface area contributed by atoms with Gasteiger partial charge in [-0.2, -0.15) is 0 Å². The van der Waals surface area contributed by atoms with Gasteiger partial charge in [-0.3, -0.25) is 0 Å². The van der Waals surface area contributed by atoms with Crippen molar-refractivity contribution in [1.29, 1.82) is 0 Å². The fourth-order valence-corrected chi connectivity index (χ4v) is 1.84. The molecule has 0 saturated carbocycles. The van der Waals surface area contributed by atoms with Gasteiger partial charge in [0, 0.05) is 25.6 Å². The molecule has 4 nitrogen and oxygen atoms in total. The van der Waals surface area contributed by atoms with E-state index in [1.807, 2.05) is 6.20 Å². The number of hydrogen-bond donors (Lipinski definition) is 1. The summed E-state index contributed by atoms with van der Waals surface area (Å²) in [5.74, 6) is 1.98. The largest absolute Gasteiger partial charge is 0.379 e. The zero-order chi connectivity index (χ0) is 10.8. The highest BCUT2D eigenvalue weighted by molar-refractivity contribution is 5.67. The Morgan fingerprint density at radius 2 is 2.33 bits per heavy atom. The first-order chi connectivity index (χ1) is 7.22. The maximum Gasteiger partial charge on any atom is 0.156 e. The van der Waals surface area contributed by atoms with Crippen LogP contribution in [0.4, 0.5) is 11.5 Å². The molecule has 0 bridgehead atoms. The van der Waals surface area contributed by atoms with Gasteiger partial charge in [0.1, 0.15) is 5.82 Å². The van der Waals surface area contributed by atoms with E-state index in [9.17, 15) is 0 Å². The van der Waals surface area contributed by atoms with Crippen LogP contribution in [0.25, 0.3) is 0 Å². The average Bonchev–Trinajstić information content (AvgIpc) is 2.27. The number of nitrogens with zero attached hydrogens (tertiary/aromatic N) is 3. The summed E-state index contributed by atoms with van der Waals surface area (Å²) in [6, 6.07) is 0.491. The minimum absolute atomic E-state index is 0.491. The predicted octanol–water partition coefficient (Wildman–Crippen LogP) is 1.68. The van der Waals surface area contributed by atoms with E-state index in [0.717, 1.165) is 36.8 Å². The summed E-state index contributed by atoms with van der Waals surface area (Å²) < 4.78 is 0. The molecule has 15 heavy (non-hydrogen) atoms. The molecule has 0 aromatic carbocycles. The molecule has 1 aromatic rings. The molecule has 0 amide bonds. The molecule has 1 aliphatic heterocycles. The molecule has 0 radical (unpaired) electrons. The summed E-state index contributed by atoms with van der Waals surface area (Å²) in [5.41, 5.74) is 1.06. The van der Waals surface area contributed by atoms with E-state index in [1.54, 1.807) is 0 Å². The minimum atomic E-state index is 0.491. The van der Waals surface area contributed by atoms with Gasteiger partial charge in [-0.15, -0.1) is 0 Å². The van der Waals surface area contributed by atoms with Crippen molar-refractivity contribution in [2.24, 2.45) is 0 Å². The van der Waals surface area contributed by atoms with E-state index in [1.165, 1.54) is 0 Å². The van der Waals surface area contributed by atoms with Gasteiger partial charge in [0.2, 0.25) is 0 Å². The summed E-state index contributed by atoms with van der Waals surface area (Å²) in [4.78, 5) is 11.2. The molecular weight excluding hydrogens is 188 g/mol. The lowest BCUT2D eigenvalue weighted by molar-refractivity contribution is 0.665. The van der Waals surface area contributed by atoms with Crippen molar-refractivity contribution in [2.45, 2.75) is 33.2 Å². The second-order valence-electron chi connectivity index (χ2n) is 4.09. The number of nitrogens with one attached hydrogen (secondary N) is 1. The average molecular weight is 206 g/mol. The van der Waals surface area contributed by atoms with Gasteiger partial charge in [-0.1, -0.05) is 6.92 Å². The van der Waals surface area contributed by atoms with Crippen molar-refractivity contribution < 1.29 is 0 Å². The highest BCUT2D eigenvalue weighted by Gasteiger charge is 2.20. The van der Waals surface area contributed by atoms with Gasteiger partial charge in [-0.25, -0.2) is 9.97 Å². The smallest absolute Gasteiger partial charge is 0.156 e. The molecule has 0 saturated heterocycles. The van der Waals surface area contributed by atoms with Crippen molar-refractivity contribution in [2.75, 3.05) is 23.3 Å². The van der Waals surface area contributed by atoms with Crippen molar-refractivity contribution in [3.05, 3.63) is 12.0 Å². The minimum Gasteiger partial charge on any atom is -0.379 e. The van der Waals surface area contributed by atoms with E-state index in [-0.39, 0.29) is 0 Å². The lowest BCUT2D eigenvalue weighted by Crippen LogP contribution is -2.39. The maximum absolute atomic E-state index is 4.59. The topological polar surface area (TPSA) is 41.1 Å². The van der Waals surface area contributed by atoms with Crippen molar-refractivity contribution in [1.82, 2.24) is 9.97 Å². The van der Waals surface area contributed by atoms with Crippen molar-refractivity contribution >= 4 is 11.5 Å². The first-order valence-corrected chi connectivity index (χ1v) is 5.58. The SMILES string of the molecule is CCc1ncc2c(n1)N(C(C)C)CCN2. The summed E-state index contributed by atoms with van der Waals surface area (Å²) in [6.45, 7) is 8.47. The standard InChI is InChI=1S/C11H18N4/c1-4-10-13-7-9-11(14-10)15(8(2)3)6-5-12-9/h7-8,12H,4-6H2,1-3H3. The third-order valence-electron chi connectivity index (χ3n) is 2.70. The van der Waals surface area contributed by atoms with Crippen LogP contribution < -0.4 is 10.2 Å². The predicted molar refractivity (Wildman–Crippen MR) is 62.4 cm³/mol. The van der Waals surface area contributed by atoms with Crippen LogP contribution in [-0.2, 0) is 6.42 Å². The number of rotatable bonds is 2. The van der Waals surface area contributed by atoms with Gasteiger partial charge >= 0.3 is 0 Å².